The molecule has 0 aromatic heterocycles. The average Bonchev–Trinajstić information content (AvgIpc) is 2.11. The lowest BCUT2D eigenvalue weighted by Gasteiger charge is -2.07. The van der Waals surface area contributed by atoms with Gasteiger partial charge in [-0.1, -0.05) is 22.2 Å². The molecule has 0 rings (SSSR count). The van der Waals surface area contributed by atoms with E-state index in [9.17, 15) is 4.57 Å². The van der Waals surface area contributed by atoms with Crippen molar-refractivity contribution in [2.75, 3.05) is 7.11 Å². The molecule has 66 valence electrons. The monoisotopic (exact) mass is 192 g/mol. The average molecular weight is 192 g/mol. The van der Waals surface area contributed by atoms with Crippen molar-refractivity contribution in [3.8, 4) is 25.1 Å². The van der Waals surface area contributed by atoms with E-state index < -0.39 is 7.82 Å². The Morgan fingerprint density at radius 2 is 1.58 bits per heavy atom. The van der Waals surface area contributed by atoms with Gasteiger partial charge in [0.2, 0.25) is 0 Å². The lowest BCUT2D eigenvalue weighted by molar-refractivity contribution is -0.220. The molecule has 0 N–H and O–H groups in total. The molecule has 0 unspecified atom stereocenters. The minimum Gasteiger partial charge on any atom is -0.286 e. The molecule has 0 aliphatic heterocycles. The Bertz CT molecular complexity index is 226. The fourth-order valence-corrected chi connectivity index (χ4v) is 0.623. The zero-order valence-electron chi connectivity index (χ0n) is 6.05. The summed E-state index contributed by atoms with van der Waals surface area (Å²) in [7, 11) is -2.93. The zero-order valence-corrected chi connectivity index (χ0v) is 6.95. The normalized spacial score (nSPS) is 9.58. The van der Waals surface area contributed by atoms with E-state index in [1.54, 1.807) is 12.2 Å². The first kappa shape index (κ1) is 10.8. The van der Waals surface area contributed by atoms with Gasteiger partial charge in [-0.15, -0.1) is 0 Å². The molecule has 0 amide bonds. The van der Waals surface area contributed by atoms with Gasteiger partial charge in [0, 0.05) is 7.11 Å². The maximum atomic E-state index is 11.0. The van der Waals surface area contributed by atoms with Crippen LogP contribution in [0.1, 0.15) is 0 Å². The molecule has 0 bridgehead atoms. The van der Waals surface area contributed by atoms with Gasteiger partial charge < -0.3 is 0 Å². The first-order valence-corrected chi connectivity index (χ1v) is 3.92. The molecule has 0 heterocycles. The van der Waals surface area contributed by atoms with Crippen molar-refractivity contribution >= 4 is 7.82 Å². The topological polar surface area (TPSA) is 63.2 Å². The van der Waals surface area contributed by atoms with Gasteiger partial charge >= 0.3 is 7.82 Å². The third-order valence-electron chi connectivity index (χ3n) is 0.577. The molecule has 0 fully saturated rings. The van der Waals surface area contributed by atoms with Gasteiger partial charge in [0.25, 0.3) is 0 Å². The van der Waals surface area contributed by atoms with E-state index in [4.69, 9.17) is 0 Å². The van der Waals surface area contributed by atoms with E-state index in [1.165, 1.54) is 0 Å². The second-order valence-electron chi connectivity index (χ2n) is 1.18. The molecular formula is C5H5O6P. The highest BCUT2D eigenvalue weighted by atomic mass is 31.2. The summed E-state index contributed by atoms with van der Waals surface area (Å²) in [4.78, 5) is 7.71. The van der Waals surface area contributed by atoms with E-state index >= 15 is 0 Å². The van der Waals surface area contributed by atoms with Crippen molar-refractivity contribution in [3.63, 3.8) is 0 Å². The van der Waals surface area contributed by atoms with Crippen LogP contribution in [0.3, 0.4) is 0 Å². The quantitative estimate of drug-likeness (QED) is 0.278. The van der Waals surface area contributed by atoms with Crippen LogP contribution in [0.4, 0.5) is 0 Å². The Labute approximate surface area is 69.2 Å². The lowest BCUT2D eigenvalue weighted by atomic mass is 11.3. The van der Waals surface area contributed by atoms with Gasteiger partial charge in [0.15, 0.2) is 12.2 Å². The summed E-state index contributed by atoms with van der Waals surface area (Å²) >= 11 is 0. The molecule has 12 heavy (non-hydrogen) atoms. The Balaban J connectivity index is 4.00. The van der Waals surface area contributed by atoms with Gasteiger partial charge in [0.05, 0.1) is 0 Å². The summed E-state index contributed by atoms with van der Waals surface area (Å²) < 4.78 is 23.2. The van der Waals surface area contributed by atoms with Crippen LogP contribution in [0.15, 0.2) is 0 Å². The minimum atomic E-state index is -3.96. The highest BCUT2D eigenvalue weighted by Gasteiger charge is 2.29. The van der Waals surface area contributed by atoms with Gasteiger partial charge in [0.1, 0.15) is 0 Å². The number of phosphoric acid groups is 1. The van der Waals surface area contributed by atoms with E-state index in [0.29, 0.717) is 0 Å². The summed E-state index contributed by atoms with van der Waals surface area (Å²) in [5.74, 6) is 0. The van der Waals surface area contributed by atoms with Crippen molar-refractivity contribution in [1.29, 1.82) is 0 Å². The van der Waals surface area contributed by atoms with E-state index in [-0.39, 0.29) is 0 Å². The van der Waals surface area contributed by atoms with Gasteiger partial charge in [-0.05, 0) is 0 Å². The molecule has 0 aliphatic rings. The van der Waals surface area contributed by atoms with Gasteiger partial charge in [-0.3, -0.25) is 14.3 Å². The van der Waals surface area contributed by atoms with Crippen LogP contribution >= 0.6 is 7.82 Å². The predicted octanol–water partition coefficient (Wildman–Crippen LogP) is 0.819. The van der Waals surface area contributed by atoms with Crippen molar-refractivity contribution in [2.24, 2.45) is 0 Å². The van der Waals surface area contributed by atoms with Crippen LogP contribution in [0.2, 0.25) is 0 Å². The molecule has 0 aromatic rings. The summed E-state index contributed by atoms with van der Waals surface area (Å²) in [6.45, 7) is 0. The molecule has 7 heteroatoms. The molecular weight excluding hydrogens is 187 g/mol. The van der Waals surface area contributed by atoms with Gasteiger partial charge in [-0.25, -0.2) is 4.57 Å². The first-order valence-electron chi connectivity index (χ1n) is 2.46. The highest BCUT2D eigenvalue weighted by molar-refractivity contribution is 7.48. The van der Waals surface area contributed by atoms with Crippen molar-refractivity contribution in [3.05, 3.63) is 0 Å². The Kier molecular flexibility index (Phi) is 4.94. The molecule has 0 spiro atoms. The molecule has 0 saturated heterocycles. The summed E-state index contributed by atoms with van der Waals surface area (Å²) in [5, 5.41) is 0. The van der Waals surface area contributed by atoms with E-state index in [0.717, 1.165) is 7.11 Å². The smallest absolute Gasteiger partial charge is 0.286 e. The van der Waals surface area contributed by atoms with Gasteiger partial charge in [-0.2, -0.15) is 0 Å². The summed E-state index contributed by atoms with van der Waals surface area (Å²) in [6.07, 6.45) is 12.4. The third kappa shape index (κ3) is 3.87. The molecule has 0 atom stereocenters. The second kappa shape index (κ2) is 5.48. The van der Waals surface area contributed by atoms with Crippen LogP contribution in [0.5, 0.6) is 0 Å². The lowest BCUT2D eigenvalue weighted by Crippen LogP contribution is -1.95. The third-order valence-corrected chi connectivity index (χ3v) is 1.54. The Morgan fingerprint density at radius 3 is 1.83 bits per heavy atom. The summed E-state index contributed by atoms with van der Waals surface area (Å²) in [6, 6.07) is 0. The minimum absolute atomic E-state index is 1.03. The molecule has 0 aromatic carbocycles. The van der Waals surface area contributed by atoms with Crippen LogP contribution in [-0.4, -0.2) is 7.11 Å². The highest BCUT2D eigenvalue weighted by Crippen LogP contribution is 2.48. The molecule has 6 nitrogen and oxygen atoms in total. The molecule has 0 radical (unpaired) electrons. The van der Waals surface area contributed by atoms with Crippen molar-refractivity contribution in [1.82, 2.24) is 0 Å². The predicted molar refractivity (Wildman–Crippen MR) is 36.6 cm³/mol. The standard InChI is InChI=1S/C5H5O6P/c1-4-8-10-12(6,7-3)11-9-5-2/h1-2H,3H3. The maximum absolute atomic E-state index is 11.0. The van der Waals surface area contributed by atoms with Crippen LogP contribution in [0, 0.1) is 25.1 Å². The number of hydrogen-bond donors (Lipinski definition) is 0. The SMILES string of the molecule is C#COOP(=O)(OC)OOC#C. The maximum Gasteiger partial charge on any atom is 0.548 e. The largest absolute Gasteiger partial charge is 0.548 e. The van der Waals surface area contributed by atoms with E-state index in [2.05, 4.69) is 36.5 Å². The van der Waals surface area contributed by atoms with Crippen LogP contribution in [-0.2, 0) is 28.2 Å². The number of terminal acetylenes is 2. The van der Waals surface area contributed by atoms with Crippen LogP contribution in [0.25, 0.3) is 0 Å². The first-order chi connectivity index (χ1) is 5.68. The summed E-state index contributed by atoms with van der Waals surface area (Å²) in [5.41, 5.74) is 0. The van der Waals surface area contributed by atoms with Crippen LogP contribution < -0.4 is 0 Å². The fourth-order valence-electron chi connectivity index (χ4n) is 0.208. The Hall–Kier alpha value is -1.17. The Morgan fingerprint density at radius 1 is 1.17 bits per heavy atom. The second-order valence-corrected chi connectivity index (χ2v) is 2.74. The van der Waals surface area contributed by atoms with E-state index in [1.807, 2.05) is 0 Å². The van der Waals surface area contributed by atoms with Crippen molar-refractivity contribution in [2.45, 2.75) is 0 Å². The number of hydrogen-bond acceptors (Lipinski definition) is 6. The number of rotatable bonds is 5. The fraction of sp³-hybridized carbons (Fsp3) is 0.200. The zero-order chi connectivity index (χ0) is 9.45. The molecule has 0 aliphatic carbocycles. The molecule has 0 saturated carbocycles. The van der Waals surface area contributed by atoms with Crippen molar-refractivity contribution < 1.29 is 28.2 Å².